The quantitative estimate of drug-likeness (QED) is 0.169. The lowest BCUT2D eigenvalue weighted by Crippen LogP contribution is -1.93. The Morgan fingerprint density at radius 2 is 0.812 bits per heavy atom. The van der Waals surface area contributed by atoms with Gasteiger partial charge in [0.1, 0.15) is 0 Å². The van der Waals surface area contributed by atoms with Gasteiger partial charge >= 0.3 is 0 Å². The summed E-state index contributed by atoms with van der Waals surface area (Å²) in [7, 11) is 0. The summed E-state index contributed by atoms with van der Waals surface area (Å²) < 4.78 is 66.4. The molecule has 0 atom stereocenters. The van der Waals surface area contributed by atoms with E-state index in [1.54, 1.807) is 0 Å². The molecule has 0 nitrogen and oxygen atoms in total. The predicted octanol–water partition coefficient (Wildman–Crippen LogP) is 13.5. The van der Waals surface area contributed by atoms with E-state index in [4.69, 9.17) is 2.74 Å². The van der Waals surface area contributed by atoms with Gasteiger partial charge in [0.25, 0.3) is 0 Å². The largest absolute Gasteiger partial charge is 0.0636 e. The first-order valence-corrected chi connectivity index (χ1v) is 16.0. The summed E-state index contributed by atoms with van der Waals surface area (Å²) >= 11 is 0. The topological polar surface area (TPSA) is 0 Å². The fourth-order valence-electron chi connectivity index (χ4n) is 6.84. The van der Waals surface area contributed by atoms with Crippen LogP contribution in [0.15, 0.2) is 194 Å². The molecule has 0 radical (unpaired) electrons. The van der Waals surface area contributed by atoms with Crippen molar-refractivity contribution in [1.82, 2.24) is 0 Å². The van der Waals surface area contributed by atoms with Crippen molar-refractivity contribution in [2.45, 2.75) is 0 Å². The summed E-state index contributed by atoms with van der Waals surface area (Å²) in [4.78, 5) is 0. The van der Waals surface area contributed by atoms with Crippen LogP contribution in [0.4, 0.5) is 0 Å². The van der Waals surface area contributed by atoms with Crippen molar-refractivity contribution in [3.63, 3.8) is 0 Å². The zero-order valence-electron chi connectivity index (χ0n) is 32.9. The third kappa shape index (κ3) is 4.87. The zero-order chi connectivity index (χ0) is 38.0. The molecule has 0 saturated carbocycles. The van der Waals surface area contributed by atoms with Crippen LogP contribution in [0.5, 0.6) is 0 Å². The van der Waals surface area contributed by atoms with Gasteiger partial charge in [0, 0.05) is 0 Å². The highest BCUT2D eigenvalue weighted by Crippen LogP contribution is 2.47. The second kappa shape index (κ2) is 11.8. The summed E-state index contributed by atoms with van der Waals surface area (Å²) in [5.74, 6) is 0. The van der Waals surface area contributed by atoms with Crippen molar-refractivity contribution >= 4 is 32.3 Å². The van der Waals surface area contributed by atoms with Gasteiger partial charge < -0.3 is 0 Å². The molecule has 9 rings (SSSR count). The Morgan fingerprint density at radius 1 is 0.312 bits per heavy atom. The minimum atomic E-state index is -0.394. The Balaban J connectivity index is 1.58. The molecular formula is C48H32. The molecule has 0 saturated heterocycles. The van der Waals surface area contributed by atoms with Crippen LogP contribution >= 0.6 is 0 Å². The highest BCUT2D eigenvalue weighted by Gasteiger charge is 2.20. The van der Waals surface area contributed by atoms with Gasteiger partial charge in [-0.05, 0) is 112 Å². The Morgan fingerprint density at radius 3 is 1.46 bits per heavy atom. The smallest absolute Gasteiger partial charge is 0.0622 e. The maximum Gasteiger partial charge on any atom is 0.0636 e. The van der Waals surface area contributed by atoms with Crippen LogP contribution in [0.25, 0.3) is 88.0 Å². The average Bonchev–Trinajstić information content (AvgIpc) is 3.23. The van der Waals surface area contributed by atoms with Crippen LogP contribution in [-0.4, -0.2) is 0 Å². The van der Waals surface area contributed by atoms with Crippen molar-refractivity contribution < 1.29 is 9.60 Å². The fraction of sp³-hybridized carbons (Fsp3) is 0. The lowest BCUT2D eigenvalue weighted by molar-refractivity contribution is 1.58. The molecule has 48 heavy (non-hydrogen) atoms. The molecule has 0 N–H and O–H groups in total. The number of fused-ring (bicyclic) bond motifs is 3. The Bertz CT molecular complexity index is 2910. The second-order valence-corrected chi connectivity index (χ2v) is 11.9. The van der Waals surface area contributed by atoms with E-state index >= 15 is 0 Å². The summed E-state index contributed by atoms with van der Waals surface area (Å²) in [6.07, 6.45) is 0. The third-order valence-electron chi connectivity index (χ3n) is 9.06. The standard InChI is InChI=1S/C48H32/c1-4-15-33(16-5-1)37-27-28-45-46(32-37)48(42-26-14-22-36-21-10-11-23-41(36)42)44-25-13-12-24-43(44)47(45)40-30-38(34-17-6-2-7-18-34)29-39(31-40)35-19-8-3-9-20-35/h1-32H/i12D,13D,24D,25D,27D,28D,32D. The molecule has 0 spiro atoms. The molecule has 0 aliphatic carbocycles. The summed E-state index contributed by atoms with van der Waals surface area (Å²) in [6, 6.07) is 47.3. The minimum Gasteiger partial charge on any atom is -0.0622 e. The van der Waals surface area contributed by atoms with Crippen LogP contribution in [0.2, 0.25) is 0 Å². The number of benzene rings is 9. The molecule has 0 heterocycles. The Kier molecular flexibility index (Phi) is 5.31. The number of rotatable bonds is 5. The molecule has 0 aliphatic rings. The predicted molar refractivity (Wildman–Crippen MR) is 206 cm³/mol. The van der Waals surface area contributed by atoms with Gasteiger partial charge in [-0.3, -0.25) is 0 Å². The third-order valence-corrected chi connectivity index (χ3v) is 9.06. The summed E-state index contributed by atoms with van der Waals surface area (Å²) in [6.45, 7) is 0. The molecule has 0 bridgehead atoms. The van der Waals surface area contributed by atoms with E-state index in [2.05, 4.69) is 6.07 Å². The molecule has 0 heteroatoms. The van der Waals surface area contributed by atoms with Gasteiger partial charge in [-0.1, -0.05) is 170 Å². The molecular weight excluding hydrogens is 577 g/mol. The van der Waals surface area contributed by atoms with Crippen LogP contribution in [-0.2, 0) is 0 Å². The number of hydrogen-bond donors (Lipinski definition) is 0. The van der Waals surface area contributed by atoms with Crippen molar-refractivity contribution in [1.29, 1.82) is 0 Å². The van der Waals surface area contributed by atoms with Crippen molar-refractivity contribution in [3.8, 4) is 55.6 Å². The molecule has 0 unspecified atom stereocenters. The maximum absolute atomic E-state index is 10.0. The highest BCUT2D eigenvalue weighted by atomic mass is 14.2. The van der Waals surface area contributed by atoms with Crippen LogP contribution < -0.4 is 0 Å². The van der Waals surface area contributed by atoms with Gasteiger partial charge in [-0.15, -0.1) is 0 Å². The first kappa shape index (κ1) is 21.5. The van der Waals surface area contributed by atoms with Gasteiger partial charge in [0.15, 0.2) is 0 Å². The SMILES string of the molecule is [2H]c1c([2H])c([2H])c2c(-c3cccc4ccccc34)c3c([2H])c(-c4ccccc4)c([2H])c([2H])c3c(-c3cc(-c4ccccc4)cc(-c4ccccc4)c3)c2c1[2H]. The zero-order valence-corrected chi connectivity index (χ0v) is 25.9. The van der Waals surface area contributed by atoms with Crippen LogP contribution in [0.1, 0.15) is 9.60 Å². The van der Waals surface area contributed by atoms with E-state index in [9.17, 15) is 6.85 Å². The molecule has 0 amide bonds. The lowest BCUT2D eigenvalue weighted by Gasteiger charge is -2.20. The minimum absolute atomic E-state index is 0.0168. The van der Waals surface area contributed by atoms with Crippen LogP contribution in [0, 0.1) is 0 Å². The van der Waals surface area contributed by atoms with Gasteiger partial charge in [0.2, 0.25) is 0 Å². The fourth-order valence-corrected chi connectivity index (χ4v) is 6.84. The molecule has 0 aliphatic heterocycles. The van der Waals surface area contributed by atoms with E-state index in [1.807, 2.05) is 146 Å². The first-order chi connectivity index (χ1) is 26.7. The second-order valence-electron chi connectivity index (χ2n) is 11.9. The van der Waals surface area contributed by atoms with Crippen molar-refractivity contribution in [3.05, 3.63) is 194 Å². The monoisotopic (exact) mass is 615 g/mol. The van der Waals surface area contributed by atoms with Crippen molar-refractivity contribution in [2.24, 2.45) is 0 Å². The van der Waals surface area contributed by atoms with Gasteiger partial charge in [-0.2, -0.15) is 0 Å². The summed E-state index contributed by atoms with van der Waals surface area (Å²) in [5, 5.41) is 2.92. The van der Waals surface area contributed by atoms with E-state index in [0.717, 1.165) is 33.0 Å². The molecule has 9 aromatic rings. The first-order valence-electron chi connectivity index (χ1n) is 19.5. The van der Waals surface area contributed by atoms with Gasteiger partial charge in [0.05, 0.1) is 9.60 Å². The van der Waals surface area contributed by atoms with E-state index in [-0.39, 0.29) is 52.6 Å². The highest BCUT2D eigenvalue weighted by molar-refractivity contribution is 6.24. The molecule has 0 fully saturated rings. The molecule has 0 aromatic heterocycles. The van der Waals surface area contributed by atoms with Crippen molar-refractivity contribution in [2.75, 3.05) is 0 Å². The number of hydrogen-bond acceptors (Lipinski definition) is 0. The lowest BCUT2D eigenvalue weighted by atomic mass is 9.82. The van der Waals surface area contributed by atoms with E-state index in [1.165, 1.54) is 0 Å². The Hall–Kier alpha value is -6.24. The normalized spacial score (nSPS) is 13.4. The van der Waals surface area contributed by atoms with Gasteiger partial charge in [-0.25, -0.2) is 0 Å². The Labute approximate surface area is 291 Å². The molecule has 9 aromatic carbocycles. The molecule has 224 valence electrons. The average molecular weight is 616 g/mol. The van der Waals surface area contributed by atoms with Crippen LogP contribution in [0.3, 0.4) is 0 Å². The van der Waals surface area contributed by atoms with E-state index in [0.29, 0.717) is 38.6 Å². The summed E-state index contributed by atoms with van der Waals surface area (Å²) in [5.41, 5.74) is 6.68. The maximum atomic E-state index is 10.0. The van der Waals surface area contributed by atoms with E-state index < -0.39 is 6.04 Å².